The number of halogens is 2. The molecule has 0 radical (unpaired) electrons. The Morgan fingerprint density at radius 2 is 1.86 bits per heavy atom. The summed E-state index contributed by atoms with van der Waals surface area (Å²) < 4.78 is 30.1. The van der Waals surface area contributed by atoms with Gasteiger partial charge in [0.25, 0.3) is 5.92 Å². The van der Waals surface area contributed by atoms with Crippen molar-refractivity contribution in [2.75, 3.05) is 0 Å². The fraction of sp³-hybridized carbons (Fsp3) is 0.700. The minimum absolute atomic E-state index is 0.327. The Kier molecular flexibility index (Phi) is 4.23. The van der Waals surface area contributed by atoms with Gasteiger partial charge in [0.05, 0.1) is 0 Å². The first-order valence-corrected chi connectivity index (χ1v) is 4.46. The summed E-state index contributed by atoms with van der Waals surface area (Å²) in [6.07, 6.45) is 1.02. The Hall–Kier alpha value is -0.930. The largest absolute Gasteiger partial charge is 0.457 e. The summed E-state index contributed by atoms with van der Waals surface area (Å²) in [5, 5.41) is 0. The molecule has 0 fully saturated rings. The third kappa shape index (κ3) is 6.57. The molecule has 0 N–H and O–H groups in total. The first kappa shape index (κ1) is 13.1. The lowest BCUT2D eigenvalue weighted by molar-refractivity contribution is -0.148. The van der Waals surface area contributed by atoms with Crippen LogP contribution in [0.4, 0.5) is 8.78 Å². The van der Waals surface area contributed by atoms with Crippen molar-refractivity contribution in [3.05, 3.63) is 12.2 Å². The quantitative estimate of drug-likeness (QED) is 0.524. The molecular formula is C10H16F2O2. The molecule has 0 aromatic rings. The minimum Gasteiger partial charge on any atom is -0.457 e. The van der Waals surface area contributed by atoms with Gasteiger partial charge < -0.3 is 4.74 Å². The molecule has 0 aliphatic heterocycles. The number of esters is 1. The summed E-state index contributed by atoms with van der Waals surface area (Å²) in [7, 11) is 0. The van der Waals surface area contributed by atoms with E-state index < -0.39 is 17.5 Å². The van der Waals surface area contributed by atoms with Gasteiger partial charge in [-0.25, -0.2) is 13.6 Å². The van der Waals surface area contributed by atoms with Crippen LogP contribution in [0.15, 0.2) is 12.2 Å². The Balaban J connectivity index is 4.20. The molecule has 0 saturated heterocycles. The zero-order valence-electron chi connectivity index (χ0n) is 8.93. The molecule has 14 heavy (non-hydrogen) atoms. The molecule has 4 heteroatoms. The minimum atomic E-state index is -2.93. The van der Waals surface area contributed by atoms with Crippen LogP contribution in [-0.4, -0.2) is 17.5 Å². The Bertz CT molecular complexity index is 227. The number of alkyl halides is 2. The van der Waals surface area contributed by atoms with Crippen LogP contribution in [0.1, 0.15) is 34.1 Å². The molecule has 0 aromatic heterocycles. The van der Waals surface area contributed by atoms with Gasteiger partial charge in [-0.05, 0) is 26.8 Å². The van der Waals surface area contributed by atoms with Crippen LogP contribution in [0.25, 0.3) is 0 Å². The highest BCUT2D eigenvalue weighted by molar-refractivity contribution is 5.82. The van der Waals surface area contributed by atoms with E-state index in [0.717, 1.165) is 6.08 Å². The fourth-order valence-electron chi connectivity index (χ4n) is 0.644. The normalized spacial score (nSPS) is 13.3. The number of rotatable bonds is 3. The molecule has 0 aromatic carbocycles. The molecule has 0 bridgehead atoms. The van der Waals surface area contributed by atoms with Crippen molar-refractivity contribution in [3.8, 4) is 0 Å². The summed E-state index contributed by atoms with van der Waals surface area (Å²) >= 11 is 0. The van der Waals surface area contributed by atoms with Gasteiger partial charge in [-0.1, -0.05) is 6.92 Å². The van der Waals surface area contributed by atoms with Crippen molar-refractivity contribution < 1.29 is 18.3 Å². The van der Waals surface area contributed by atoms with Gasteiger partial charge >= 0.3 is 5.97 Å². The van der Waals surface area contributed by atoms with Crippen LogP contribution >= 0.6 is 0 Å². The number of hydrogen-bond acceptors (Lipinski definition) is 2. The standard InChI is InChI=1S/C10H16F2O2/c1-5-10(11,12)7-6-8(13)14-9(2,3)4/h6-7H,5H2,1-4H3/b7-6+. The molecule has 0 heterocycles. The Labute approximate surface area is 82.9 Å². The van der Waals surface area contributed by atoms with Crippen molar-refractivity contribution in [2.45, 2.75) is 45.6 Å². The maximum Gasteiger partial charge on any atom is 0.331 e. The predicted molar refractivity (Wildman–Crippen MR) is 50.2 cm³/mol. The molecule has 0 amide bonds. The topological polar surface area (TPSA) is 26.3 Å². The molecule has 0 rings (SSSR count). The van der Waals surface area contributed by atoms with Crippen LogP contribution in [0.2, 0.25) is 0 Å². The van der Waals surface area contributed by atoms with Gasteiger partial charge in [-0.3, -0.25) is 0 Å². The van der Waals surface area contributed by atoms with Gasteiger partial charge in [-0.15, -0.1) is 0 Å². The van der Waals surface area contributed by atoms with E-state index in [1.807, 2.05) is 0 Å². The van der Waals surface area contributed by atoms with E-state index in [2.05, 4.69) is 0 Å². The maximum absolute atomic E-state index is 12.7. The monoisotopic (exact) mass is 206 g/mol. The number of allylic oxidation sites excluding steroid dienone is 1. The van der Waals surface area contributed by atoms with Crippen LogP contribution in [0.5, 0.6) is 0 Å². The first-order chi connectivity index (χ1) is 6.16. The predicted octanol–water partition coefficient (Wildman–Crippen LogP) is 2.93. The Morgan fingerprint density at radius 1 is 1.36 bits per heavy atom. The van der Waals surface area contributed by atoms with Gasteiger partial charge in [0.15, 0.2) is 0 Å². The van der Waals surface area contributed by atoms with E-state index in [1.54, 1.807) is 20.8 Å². The van der Waals surface area contributed by atoms with E-state index in [4.69, 9.17) is 4.74 Å². The maximum atomic E-state index is 12.7. The second-order valence-corrected chi connectivity index (χ2v) is 3.98. The molecule has 0 spiro atoms. The molecule has 0 saturated carbocycles. The fourth-order valence-corrected chi connectivity index (χ4v) is 0.644. The lowest BCUT2D eigenvalue weighted by Crippen LogP contribution is -2.23. The summed E-state index contributed by atoms with van der Waals surface area (Å²) in [6.45, 7) is 6.38. The van der Waals surface area contributed by atoms with Crippen molar-refractivity contribution in [3.63, 3.8) is 0 Å². The number of carbonyl (C=O) groups excluding carboxylic acids is 1. The van der Waals surface area contributed by atoms with Crippen LogP contribution in [0.3, 0.4) is 0 Å². The third-order valence-corrected chi connectivity index (χ3v) is 1.34. The van der Waals surface area contributed by atoms with Crippen molar-refractivity contribution in [1.82, 2.24) is 0 Å². The number of ether oxygens (including phenoxy) is 1. The lowest BCUT2D eigenvalue weighted by Gasteiger charge is -2.18. The second-order valence-electron chi connectivity index (χ2n) is 3.98. The SMILES string of the molecule is CCC(F)(F)/C=C/C(=O)OC(C)(C)C. The van der Waals surface area contributed by atoms with Crippen LogP contribution in [0, 0.1) is 0 Å². The summed E-state index contributed by atoms with van der Waals surface area (Å²) in [5.74, 6) is -3.68. The second kappa shape index (κ2) is 4.53. The summed E-state index contributed by atoms with van der Waals surface area (Å²) in [5.41, 5.74) is -0.650. The van der Waals surface area contributed by atoms with Crippen molar-refractivity contribution in [2.24, 2.45) is 0 Å². The number of carbonyl (C=O) groups is 1. The third-order valence-electron chi connectivity index (χ3n) is 1.34. The number of hydrogen-bond donors (Lipinski definition) is 0. The van der Waals surface area contributed by atoms with Crippen LogP contribution < -0.4 is 0 Å². The van der Waals surface area contributed by atoms with Crippen molar-refractivity contribution >= 4 is 5.97 Å². The van der Waals surface area contributed by atoms with Gasteiger partial charge in [0, 0.05) is 12.5 Å². The average Bonchev–Trinajstić information content (AvgIpc) is 1.98. The van der Waals surface area contributed by atoms with Gasteiger partial charge in [0.2, 0.25) is 0 Å². The van der Waals surface area contributed by atoms with Gasteiger partial charge in [-0.2, -0.15) is 0 Å². The molecule has 0 aliphatic carbocycles. The van der Waals surface area contributed by atoms with E-state index in [9.17, 15) is 13.6 Å². The molecule has 82 valence electrons. The lowest BCUT2D eigenvalue weighted by atomic mass is 10.2. The van der Waals surface area contributed by atoms with E-state index in [1.165, 1.54) is 6.92 Å². The van der Waals surface area contributed by atoms with E-state index in [-0.39, 0.29) is 6.42 Å². The summed E-state index contributed by atoms with van der Waals surface area (Å²) in [4.78, 5) is 11.0. The first-order valence-electron chi connectivity index (χ1n) is 4.46. The molecule has 2 nitrogen and oxygen atoms in total. The highest BCUT2D eigenvalue weighted by Crippen LogP contribution is 2.19. The average molecular weight is 206 g/mol. The highest BCUT2D eigenvalue weighted by atomic mass is 19.3. The smallest absolute Gasteiger partial charge is 0.331 e. The van der Waals surface area contributed by atoms with E-state index in [0.29, 0.717) is 6.08 Å². The van der Waals surface area contributed by atoms with Crippen LogP contribution in [-0.2, 0) is 9.53 Å². The van der Waals surface area contributed by atoms with Gasteiger partial charge in [0.1, 0.15) is 5.60 Å². The highest BCUT2D eigenvalue weighted by Gasteiger charge is 2.22. The Morgan fingerprint density at radius 3 is 2.21 bits per heavy atom. The molecule has 0 unspecified atom stereocenters. The molecule has 0 aliphatic rings. The molecular weight excluding hydrogens is 190 g/mol. The van der Waals surface area contributed by atoms with Crippen molar-refractivity contribution in [1.29, 1.82) is 0 Å². The zero-order valence-corrected chi connectivity index (χ0v) is 8.93. The molecule has 0 atom stereocenters. The zero-order chi connectivity index (χ0) is 11.4. The summed E-state index contributed by atoms with van der Waals surface area (Å²) in [6, 6.07) is 0. The van der Waals surface area contributed by atoms with E-state index >= 15 is 0 Å².